The van der Waals surface area contributed by atoms with Crippen LogP contribution in [-0.2, 0) is 4.79 Å². The summed E-state index contributed by atoms with van der Waals surface area (Å²) >= 11 is 0. The van der Waals surface area contributed by atoms with Gasteiger partial charge in [-0.1, -0.05) is 70.9 Å². The molecular weight excluding hydrogens is 288 g/mol. The minimum atomic E-state index is -0.678. The maximum absolute atomic E-state index is 10.4. The van der Waals surface area contributed by atoms with E-state index in [9.17, 15) is 9.90 Å². The lowest BCUT2D eigenvalue weighted by Crippen LogP contribution is -2.17. The molecule has 2 unspecified atom stereocenters. The molecule has 3 nitrogen and oxygen atoms in total. The van der Waals surface area contributed by atoms with Gasteiger partial charge in [0.25, 0.3) is 0 Å². The molecule has 0 heterocycles. The molecule has 2 N–H and O–H groups in total. The van der Waals surface area contributed by atoms with Crippen molar-refractivity contribution in [3.8, 4) is 0 Å². The maximum atomic E-state index is 10.4. The summed E-state index contributed by atoms with van der Waals surface area (Å²) < 4.78 is 0. The van der Waals surface area contributed by atoms with Gasteiger partial charge in [-0.05, 0) is 38.0 Å². The van der Waals surface area contributed by atoms with Crippen LogP contribution in [0.3, 0.4) is 0 Å². The maximum Gasteiger partial charge on any atom is 0.303 e. The zero-order chi connectivity index (χ0) is 17.3. The molecule has 0 fully saturated rings. The Hall–Kier alpha value is -0.830. The van der Waals surface area contributed by atoms with E-state index < -0.39 is 5.97 Å². The lowest BCUT2D eigenvalue weighted by atomic mass is 9.94. The average molecular weight is 327 g/mol. The van der Waals surface area contributed by atoms with Crippen molar-refractivity contribution >= 4 is 5.97 Å². The number of carboxylic acid groups (broad SMARTS) is 1. The summed E-state index contributed by atoms with van der Waals surface area (Å²) in [6.07, 6.45) is 17.8. The minimum absolute atomic E-state index is 0.161. The van der Waals surface area contributed by atoms with Gasteiger partial charge in [0, 0.05) is 6.42 Å². The number of hydrogen-bond acceptors (Lipinski definition) is 2. The molecule has 0 saturated carbocycles. The van der Waals surface area contributed by atoms with E-state index in [2.05, 4.69) is 26.0 Å². The molecule has 23 heavy (non-hydrogen) atoms. The number of carboxylic acids is 1. The lowest BCUT2D eigenvalue weighted by Gasteiger charge is -2.18. The van der Waals surface area contributed by atoms with Gasteiger partial charge in [-0.15, -0.1) is 0 Å². The predicted molar refractivity (Wildman–Crippen MR) is 97.6 cm³/mol. The molecule has 0 saturated heterocycles. The minimum Gasteiger partial charge on any atom is -0.481 e. The van der Waals surface area contributed by atoms with Gasteiger partial charge >= 0.3 is 5.97 Å². The number of aliphatic hydroxyl groups is 1. The fraction of sp³-hybridized carbons (Fsp3) is 0.850. The van der Waals surface area contributed by atoms with E-state index in [1.807, 2.05) is 0 Å². The molecule has 0 aromatic rings. The lowest BCUT2D eigenvalue weighted by molar-refractivity contribution is -0.137. The molecule has 0 bridgehead atoms. The average Bonchev–Trinajstić information content (AvgIpc) is 2.52. The van der Waals surface area contributed by atoms with Crippen molar-refractivity contribution in [1.29, 1.82) is 0 Å². The Morgan fingerprint density at radius 2 is 1.48 bits per heavy atom. The molecule has 0 aliphatic rings. The largest absolute Gasteiger partial charge is 0.481 e. The Labute approximate surface area is 143 Å². The van der Waals surface area contributed by atoms with Crippen LogP contribution >= 0.6 is 0 Å². The summed E-state index contributed by atoms with van der Waals surface area (Å²) in [6, 6.07) is 0. The van der Waals surface area contributed by atoms with E-state index >= 15 is 0 Å². The Morgan fingerprint density at radius 1 is 0.913 bits per heavy atom. The Kier molecular flexibility index (Phi) is 15.5. The standard InChI is InChI=1S/C20H38O3/c1-3-4-5-13-16-19(21)18(2)15-12-10-8-6-7-9-11-14-17-20(22)23/h4-5,18-19,21H,3,6-17H2,1-2H3,(H,22,23)/b5-4-. The van der Waals surface area contributed by atoms with Crippen molar-refractivity contribution in [2.45, 2.75) is 103 Å². The van der Waals surface area contributed by atoms with Gasteiger partial charge in [-0.25, -0.2) is 0 Å². The molecule has 3 heteroatoms. The number of allylic oxidation sites excluding steroid dienone is 2. The van der Waals surface area contributed by atoms with E-state index in [1.165, 1.54) is 32.1 Å². The van der Waals surface area contributed by atoms with E-state index in [0.29, 0.717) is 12.3 Å². The second-order valence-corrected chi connectivity index (χ2v) is 6.76. The van der Waals surface area contributed by atoms with Gasteiger partial charge in [0.2, 0.25) is 0 Å². The van der Waals surface area contributed by atoms with Crippen LogP contribution in [0, 0.1) is 5.92 Å². The molecule has 0 spiro atoms. The van der Waals surface area contributed by atoms with E-state index in [4.69, 9.17) is 5.11 Å². The molecule has 136 valence electrons. The number of unbranched alkanes of at least 4 members (excludes halogenated alkanes) is 7. The zero-order valence-corrected chi connectivity index (χ0v) is 15.3. The van der Waals surface area contributed by atoms with Crippen LogP contribution in [0.4, 0.5) is 0 Å². The van der Waals surface area contributed by atoms with E-state index in [0.717, 1.165) is 44.9 Å². The first-order valence-corrected chi connectivity index (χ1v) is 9.62. The quantitative estimate of drug-likeness (QED) is 0.282. The summed E-state index contributed by atoms with van der Waals surface area (Å²) in [6.45, 7) is 4.29. The highest BCUT2D eigenvalue weighted by Crippen LogP contribution is 2.18. The Morgan fingerprint density at radius 3 is 2.04 bits per heavy atom. The van der Waals surface area contributed by atoms with Crippen LogP contribution in [0.2, 0.25) is 0 Å². The predicted octanol–water partition coefficient (Wildman–Crippen LogP) is 5.72. The third-order valence-electron chi connectivity index (χ3n) is 4.49. The van der Waals surface area contributed by atoms with Gasteiger partial charge in [0.1, 0.15) is 0 Å². The van der Waals surface area contributed by atoms with Crippen LogP contribution in [0.15, 0.2) is 12.2 Å². The summed E-state index contributed by atoms with van der Waals surface area (Å²) in [5, 5.41) is 18.7. The monoisotopic (exact) mass is 326 g/mol. The van der Waals surface area contributed by atoms with Crippen LogP contribution in [0.1, 0.15) is 97.3 Å². The highest BCUT2D eigenvalue weighted by atomic mass is 16.4. The molecule has 0 aromatic heterocycles. The fourth-order valence-electron chi connectivity index (χ4n) is 2.83. The van der Waals surface area contributed by atoms with Crippen LogP contribution in [0.5, 0.6) is 0 Å². The molecule has 0 rings (SSSR count). The van der Waals surface area contributed by atoms with Crippen molar-refractivity contribution in [3.05, 3.63) is 12.2 Å². The summed E-state index contributed by atoms with van der Waals surface area (Å²) in [4.78, 5) is 10.4. The van der Waals surface area contributed by atoms with E-state index in [1.54, 1.807) is 0 Å². The molecule has 0 radical (unpaired) electrons. The fourth-order valence-corrected chi connectivity index (χ4v) is 2.83. The van der Waals surface area contributed by atoms with Crippen LogP contribution in [0.25, 0.3) is 0 Å². The van der Waals surface area contributed by atoms with Gasteiger partial charge in [0.15, 0.2) is 0 Å². The van der Waals surface area contributed by atoms with Crippen molar-refractivity contribution in [2.75, 3.05) is 0 Å². The van der Waals surface area contributed by atoms with Gasteiger partial charge in [-0.2, -0.15) is 0 Å². The number of rotatable bonds is 16. The topological polar surface area (TPSA) is 57.5 Å². The van der Waals surface area contributed by atoms with Crippen LogP contribution < -0.4 is 0 Å². The Balaban J connectivity index is 3.36. The highest BCUT2D eigenvalue weighted by Gasteiger charge is 2.12. The smallest absolute Gasteiger partial charge is 0.303 e. The first kappa shape index (κ1) is 22.2. The molecule has 0 aliphatic carbocycles. The first-order valence-electron chi connectivity index (χ1n) is 9.62. The van der Waals surface area contributed by atoms with Crippen LogP contribution in [-0.4, -0.2) is 22.3 Å². The van der Waals surface area contributed by atoms with Crippen molar-refractivity contribution in [3.63, 3.8) is 0 Å². The third-order valence-corrected chi connectivity index (χ3v) is 4.49. The molecule has 0 aliphatic heterocycles. The second kappa shape index (κ2) is 16.0. The van der Waals surface area contributed by atoms with Gasteiger partial charge in [0.05, 0.1) is 6.10 Å². The third kappa shape index (κ3) is 15.8. The molecular formula is C20H38O3. The summed E-state index contributed by atoms with van der Waals surface area (Å²) in [5.74, 6) is -0.274. The van der Waals surface area contributed by atoms with Crippen molar-refractivity contribution in [2.24, 2.45) is 5.92 Å². The summed E-state index contributed by atoms with van der Waals surface area (Å²) in [5.41, 5.74) is 0. The van der Waals surface area contributed by atoms with Crippen molar-refractivity contribution in [1.82, 2.24) is 0 Å². The van der Waals surface area contributed by atoms with Gasteiger partial charge < -0.3 is 10.2 Å². The zero-order valence-electron chi connectivity index (χ0n) is 15.3. The first-order chi connectivity index (χ1) is 11.1. The number of carbonyl (C=O) groups is 1. The van der Waals surface area contributed by atoms with Crippen molar-refractivity contribution < 1.29 is 15.0 Å². The Bertz CT molecular complexity index is 299. The van der Waals surface area contributed by atoms with E-state index in [-0.39, 0.29) is 6.10 Å². The number of aliphatic hydroxyl groups excluding tert-OH is 1. The number of aliphatic carboxylic acids is 1. The SMILES string of the molecule is CC/C=C\CCC(O)C(C)CCCCCCCCCCC(=O)O. The summed E-state index contributed by atoms with van der Waals surface area (Å²) in [7, 11) is 0. The molecule has 2 atom stereocenters. The highest BCUT2D eigenvalue weighted by molar-refractivity contribution is 5.66. The molecule has 0 aromatic carbocycles. The second-order valence-electron chi connectivity index (χ2n) is 6.76. The normalized spacial score (nSPS) is 14.2. The molecule has 0 amide bonds. The number of hydrogen-bond donors (Lipinski definition) is 2. The van der Waals surface area contributed by atoms with Gasteiger partial charge in [-0.3, -0.25) is 4.79 Å².